The van der Waals surface area contributed by atoms with Gasteiger partial charge in [-0.2, -0.15) is 0 Å². The molecule has 0 saturated heterocycles. The van der Waals surface area contributed by atoms with Crippen LogP contribution >= 0.6 is 0 Å². The molecule has 2 aromatic rings. The number of hydrogen-bond acceptors (Lipinski definition) is 2. The Morgan fingerprint density at radius 3 is 2.41 bits per heavy atom. The molecule has 0 aliphatic carbocycles. The van der Waals surface area contributed by atoms with E-state index >= 15 is 0 Å². The first-order valence-electron chi connectivity index (χ1n) is 7.17. The molecule has 22 heavy (non-hydrogen) atoms. The lowest BCUT2D eigenvalue weighted by Crippen LogP contribution is -1.97. The Morgan fingerprint density at radius 2 is 1.82 bits per heavy atom. The van der Waals surface area contributed by atoms with Gasteiger partial charge in [0.15, 0.2) is 0 Å². The van der Waals surface area contributed by atoms with Crippen LogP contribution in [-0.4, -0.2) is 13.1 Å². The molecule has 0 amide bonds. The normalized spacial score (nSPS) is 11.1. The van der Waals surface area contributed by atoms with Crippen LogP contribution in [0, 0.1) is 5.82 Å². The topological polar surface area (TPSA) is 26.3 Å². The molecule has 0 spiro atoms. The van der Waals surface area contributed by atoms with Gasteiger partial charge in [-0.1, -0.05) is 44.2 Å². The number of rotatable bonds is 4. The van der Waals surface area contributed by atoms with E-state index in [9.17, 15) is 9.18 Å². The Balaban J connectivity index is 2.57. The van der Waals surface area contributed by atoms with Gasteiger partial charge in [-0.05, 0) is 46.4 Å². The van der Waals surface area contributed by atoms with Gasteiger partial charge >= 0.3 is 5.97 Å². The van der Waals surface area contributed by atoms with Gasteiger partial charge in [-0.25, -0.2) is 9.18 Å². The zero-order valence-corrected chi connectivity index (χ0v) is 13.0. The fraction of sp³-hybridized carbons (Fsp3) is 0.211. The minimum absolute atomic E-state index is 0.268. The third-order valence-electron chi connectivity index (χ3n) is 3.50. The van der Waals surface area contributed by atoms with Crippen molar-refractivity contribution in [3.05, 3.63) is 65.5 Å². The quantitative estimate of drug-likeness (QED) is 0.598. The van der Waals surface area contributed by atoms with Gasteiger partial charge in [-0.3, -0.25) is 0 Å². The van der Waals surface area contributed by atoms with Crippen LogP contribution in [-0.2, 0) is 9.53 Å². The van der Waals surface area contributed by atoms with Crippen molar-refractivity contribution in [3.8, 4) is 11.1 Å². The van der Waals surface area contributed by atoms with Crippen LogP contribution in [0.1, 0.15) is 30.9 Å². The first-order chi connectivity index (χ1) is 10.5. The molecule has 2 aromatic carbocycles. The molecule has 0 aromatic heterocycles. The number of methoxy groups -OCH3 is 1. The molecule has 2 rings (SSSR count). The van der Waals surface area contributed by atoms with E-state index in [0.717, 1.165) is 22.3 Å². The summed E-state index contributed by atoms with van der Waals surface area (Å²) in [6, 6.07) is 12.3. The van der Waals surface area contributed by atoms with E-state index in [4.69, 9.17) is 0 Å². The van der Waals surface area contributed by atoms with Crippen molar-refractivity contribution in [2.75, 3.05) is 7.11 Å². The molecule has 0 fully saturated rings. The van der Waals surface area contributed by atoms with Crippen molar-refractivity contribution < 1.29 is 13.9 Å². The van der Waals surface area contributed by atoms with E-state index in [1.54, 1.807) is 18.2 Å². The van der Waals surface area contributed by atoms with Crippen molar-refractivity contribution in [3.63, 3.8) is 0 Å². The van der Waals surface area contributed by atoms with Crippen LogP contribution < -0.4 is 0 Å². The summed E-state index contributed by atoms with van der Waals surface area (Å²) >= 11 is 0. The number of ether oxygens (including phenoxy) is 1. The largest absolute Gasteiger partial charge is 0.466 e. The summed E-state index contributed by atoms with van der Waals surface area (Å²) in [5, 5.41) is 0. The van der Waals surface area contributed by atoms with Crippen molar-refractivity contribution in [2.24, 2.45) is 0 Å². The van der Waals surface area contributed by atoms with E-state index in [2.05, 4.69) is 18.6 Å². The molecular formula is C19H19FO2. The van der Waals surface area contributed by atoms with Gasteiger partial charge in [0.05, 0.1) is 7.11 Å². The Bertz CT molecular complexity index is 685. The first-order valence-corrected chi connectivity index (χ1v) is 7.17. The van der Waals surface area contributed by atoms with Crippen LogP contribution in [0.3, 0.4) is 0 Å². The number of hydrogen-bond donors (Lipinski definition) is 0. The van der Waals surface area contributed by atoms with Gasteiger partial charge < -0.3 is 4.74 Å². The van der Waals surface area contributed by atoms with Crippen molar-refractivity contribution in [1.82, 2.24) is 0 Å². The van der Waals surface area contributed by atoms with Crippen LogP contribution in [0.4, 0.5) is 4.39 Å². The number of carbonyl (C=O) groups is 1. The average Bonchev–Trinajstić information content (AvgIpc) is 2.52. The Morgan fingerprint density at radius 1 is 1.14 bits per heavy atom. The fourth-order valence-electron chi connectivity index (χ4n) is 2.37. The van der Waals surface area contributed by atoms with Gasteiger partial charge in [0.25, 0.3) is 0 Å². The van der Waals surface area contributed by atoms with E-state index < -0.39 is 5.97 Å². The molecule has 114 valence electrons. The molecule has 3 heteroatoms. The summed E-state index contributed by atoms with van der Waals surface area (Å²) < 4.78 is 17.8. The second kappa shape index (κ2) is 7.03. The molecule has 0 N–H and O–H groups in total. The standard InChI is InChI=1S/C19H19FO2/c1-13(2)16-5-4-6-17(14-7-9-15(20)10-8-14)18(16)11-12-19(21)22-3/h4-13H,1-3H3/b12-11+. The summed E-state index contributed by atoms with van der Waals surface area (Å²) in [6.07, 6.45) is 3.17. The highest BCUT2D eigenvalue weighted by atomic mass is 19.1. The van der Waals surface area contributed by atoms with Gasteiger partial charge in [0.1, 0.15) is 5.82 Å². The smallest absolute Gasteiger partial charge is 0.330 e. The maximum atomic E-state index is 13.1. The SMILES string of the molecule is COC(=O)/C=C/c1c(-c2ccc(F)cc2)cccc1C(C)C. The molecule has 0 atom stereocenters. The lowest BCUT2D eigenvalue weighted by molar-refractivity contribution is -0.134. The summed E-state index contributed by atoms with van der Waals surface area (Å²) in [6.45, 7) is 4.19. The van der Waals surface area contributed by atoms with Crippen molar-refractivity contribution in [1.29, 1.82) is 0 Å². The zero-order valence-electron chi connectivity index (χ0n) is 13.0. The maximum absolute atomic E-state index is 13.1. The third kappa shape index (κ3) is 3.61. The highest BCUT2D eigenvalue weighted by Crippen LogP contribution is 2.31. The van der Waals surface area contributed by atoms with Crippen LogP contribution in [0.25, 0.3) is 17.2 Å². The second-order valence-corrected chi connectivity index (χ2v) is 5.33. The fourth-order valence-corrected chi connectivity index (χ4v) is 2.37. The average molecular weight is 298 g/mol. The van der Waals surface area contributed by atoms with E-state index in [0.29, 0.717) is 5.92 Å². The Hall–Kier alpha value is -2.42. The van der Waals surface area contributed by atoms with Crippen LogP contribution in [0.5, 0.6) is 0 Å². The molecule has 0 unspecified atom stereocenters. The van der Waals surface area contributed by atoms with Crippen LogP contribution in [0.2, 0.25) is 0 Å². The molecule has 0 saturated carbocycles. The summed E-state index contributed by atoms with van der Waals surface area (Å²) in [4.78, 5) is 11.4. The number of carbonyl (C=O) groups excluding carboxylic acids is 1. The molecule has 2 nitrogen and oxygen atoms in total. The molecule has 0 radical (unpaired) electrons. The number of benzene rings is 2. The Labute approximate surface area is 130 Å². The molecule has 0 aliphatic heterocycles. The van der Waals surface area contributed by atoms with E-state index in [1.165, 1.54) is 25.3 Å². The van der Waals surface area contributed by atoms with Crippen molar-refractivity contribution in [2.45, 2.75) is 19.8 Å². The van der Waals surface area contributed by atoms with Crippen LogP contribution in [0.15, 0.2) is 48.5 Å². The zero-order chi connectivity index (χ0) is 16.1. The monoisotopic (exact) mass is 298 g/mol. The second-order valence-electron chi connectivity index (χ2n) is 5.33. The third-order valence-corrected chi connectivity index (χ3v) is 3.50. The molecular weight excluding hydrogens is 279 g/mol. The summed E-state index contributed by atoms with van der Waals surface area (Å²) in [5.41, 5.74) is 3.95. The first kappa shape index (κ1) is 16.0. The number of esters is 1. The molecule has 0 aliphatic rings. The molecule has 0 bridgehead atoms. The van der Waals surface area contributed by atoms with Gasteiger partial charge in [0.2, 0.25) is 0 Å². The predicted octanol–water partition coefficient (Wildman–Crippen LogP) is 4.80. The lowest BCUT2D eigenvalue weighted by Gasteiger charge is -2.15. The summed E-state index contributed by atoms with van der Waals surface area (Å²) in [7, 11) is 1.35. The maximum Gasteiger partial charge on any atom is 0.330 e. The predicted molar refractivity (Wildman–Crippen MR) is 87.0 cm³/mol. The highest BCUT2D eigenvalue weighted by Gasteiger charge is 2.11. The van der Waals surface area contributed by atoms with Gasteiger partial charge in [0, 0.05) is 6.08 Å². The van der Waals surface area contributed by atoms with E-state index in [1.807, 2.05) is 18.2 Å². The van der Waals surface area contributed by atoms with E-state index in [-0.39, 0.29) is 5.82 Å². The minimum atomic E-state index is -0.399. The van der Waals surface area contributed by atoms with Gasteiger partial charge in [-0.15, -0.1) is 0 Å². The van der Waals surface area contributed by atoms with Crippen molar-refractivity contribution >= 4 is 12.0 Å². The summed E-state index contributed by atoms with van der Waals surface area (Å²) in [5.74, 6) is -0.364. The highest BCUT2D eigenvalue weighted by molar-refractivity contribution is 5.89. The minimum Gasteiger partial charge on any atom is -0.466 e. The lowest BCUT2D eigenvalue weighted by atomic mass is 9.90. The number of halogens is 1. The Kier molecular flexibility index (Phi) is 5.10. The molecule has 0 heterocycles.